The average Bonchev–Trinajstić information content (AvgIpc) is 3.51. The molecule has 0 amide bonds. The van der Waals surface area contributed by atoms with E-state index in [4.69, 9.17) is 33.6 Å². The molecule has 12 heteroatoms. The molecule has 11 nitrogen and oxygen atoms in total. The standard InChI is InChI=1S/C35H47N7O4S/c1-24-20-42(21-25(2)45-24)35-38-33-30(34(39-35)41-13-15-44-16-14-41)9-10-31(37-33)26-6-11-32(43-5)27(18-26)19-36-12-17-47-23-29-8-7-28(46-29)22-40(3)4/h6-11,18,24-25,36H,12-17,19-23H2,1-5H3/t24-,25+. The van der Waals surface area contributed by atoms with Crippen molar-refractivity contribution in [3.63, 3.8) is 0 Å². The largest absolute Gasteiger partial charge is 0.496 e. The van der Waals surface area contributed by atoms with E-state index in [9.17, 15) is 0 Å². The first-order valence-corrected chi connectivity index (χ1v) is 17.6. The van der Waals surface area contributed by atoms with Gasteiger partial charge in [0.1, 0.15) is 23.1 Å². The second-order valence-corrected chi connectivity index (χ2v) is 13.6. The van der Waals surface area contributed by atoms with Gasteiger partial charge >= 0.3 is 0 Å². The number of nitrogens with one attached hydrogen (secondary N) is 1. The number of pyridine rings is 1. The van der Waals surface area contributed by atoms with Crippen molar-refractivity contribution in [1.82, 2.24) is 25.2 Å². The molecule has 0 radical (unpaired) electrons. The summed E-state index contributed by atoms with van der Waals surface area (Å²) in [4.78, 5) is 21.9. The van der Waals surface area contributed by atoms with Crippen molar-refractivity contribution in [3.05, 3.63) is 59.5 Å². The summed E-state index contributed by atoms with van der Waals surface area (Å²) in [5.41, 5.74) is 3.67. The number of aromatic nitrogens is 3. The number of thioether (sulfide) groups is 1. The van der Waals surface area contributed by atoms with Crippen molar-refractivity contribution in [3.8, 4) is 17.0 Å². The van der Waals surface area contributed by atoms with Crippen LogP contribution in [-0.2, 0) is 28.3 Å². The Morgan fingerprint density at radius 2 is 1.74 bits per heavy atom. The van der Waals surface area contributed by atoms with Gasteiger partial charge in [-0.1, -0.05) is 0 Å². The van der Waals surface area contributed by atoms with Crippen LogP contribution in [0.5, 0.6) is 5.75 Å². The number of hydrogen-bond donors (Lipinski definition) is 1. The summed E-state index contributed by atoms with van der Waals surface area (Å²) < 4.78 is 23.3. The van der Waals surface area contributed by atoms with E-state index >= 15 is 0 Å². The maximum atomic E-state index is 5.99. The Morgan fingerprint density at radius 3 is 2.51 bits per heavy atom. The van der Waals surface area contributed by atoms with Crippen LogP contribution in [0.4, 0.5) is 11.8 Å². The van der Waals surface area contributed by atoms with Crippen LogP contribution in [0.15, 0.2) is 46.9 Å². The first-order chi connectivity index (χ1) is 22.9. The molecule has 0 spiro atoms. The third-order valence-electron chi connectivity index (χ3n) is 8.29. The lowest BCUT2D eigenvalue weighted by Crippen LogP contribution is -2.46. The van der Waals surface area contributed by atoms with Crippen LogP contribution in [0.3, 0.4) is 0 Å². The van der Waals surface area contributed by atoms with Crippen LogP contribution >= 0.6 is 11.8 Å². The smallest absolute Gasteiger partial charge is 0.229 e. The van der Waals surface area contributed by atoms with E-state index < -0.39 is 0 Å². The number of fused-ring (bicyclic) bond motifs is 1. The van der Waals surface area contributed by atoms with Gasteiger partial charge in [-0.25, -0.2) is 4.98 Å². The molecule has 4 aromatic rings. The van der Waals surface area contributed by atoms with Gasteiger partial charge in [-0.3, -0.25) is 0 Å². The van der Waals surface area contributed by atoms with Crippen LogP contribution < -0.4 is 19.9 Å². The number of benzene rings is 1. The quantitative estimate of drug-likeness (QED) is 0.199. The zero-order valence-electron chi connectivity index (χ0n) is 28.2. The van der Waals surface area contributed by atoms with Crippen LogP contribution in [-0.4, -0.2) is 105 Å². The number of nitrogens with zero attached hydrogens (tertiary/aromatic N) is 6. The lowest BCUT2D eigenvalue weighted by atomic mass is 10.1. The van der Waals surface area contributed by atoms with Gasteiger partial charge in [-0.2, -0.15) is 21.7 Å². The summed E-state index contributed by atoms with van der Waals surface area (Å²) in [6, 6.07) is 14.6. The monoisotopic (exact) mass is 661 g/mol. The zero-order valence-corrected chi connectivity index (χ0v) is 29.0. The number of hydrogen-bond acceptors (Lipinski definition) is 12. The van der Waals surface area contributed by atoms with Crippen molar-refractivity contribution >= 4 is 34.6 Å². The summed E-state index contributed by atoms with van der Waals surface area (Å²) >= 11 is 1.86. The van der Waals surface area contributed by atoms with E-state index in [0.717, 1.165) is 96.1 Å². The van der Waals surface area contributed by atoms with Crippen molar-refractivity contribution in [2.45, 2.75) is 44.9 Å². The second-order valence-electron chi connectivity index (χ2n) is 12.5. The Bertz CT molecular complexity index is 1620. The Morgan fingerprint density at radius 1 is 0.957 bits per heavy atom. The molecular weight excluding hydrogens is 614 g/mol. The molecule has 47 heavy (non-hydrogen) atoms. The highest BCUT2D eigenvalue weighted by atomic mass is 32.2. The summed E-state index contributed by atoms with van der Waals surface area (Å²) in [6.07, 6.45) is 0.206. The van der Waals surface area contributed by atoms with E-state index in [1.807, 2.05) is 31.9 Å². The molecule has 0 bridgehead atoms. The third kappa shape index (κ3) is 8.55. The van der Waals surface area contributed by atoms with Crippen molar-refractivity contribution < 1.29 is 18.6 Å². The summed E-state index contributed by atoms with van der Waals surface area (Å²) in [6.45, 7) is 11.0. The SMILES string of the molecule is COc1ccc(-c2ccc3c(N4CCOCC4)nc(N4C[C@@H](C)O[C@@H](C)C4)nc3n2)cc1CNCCSCc1ccc(CN(C)C)o1. The first kappa shape index (κ1) is 33.5. The zero-order chi connectivity index (χ0) is 32.8. The van der Waals surface area contributed by atoms with Crippen LogP contribution in [0, 0.1) is 0 Å². The Balaban J connectivity index is 1.17. The average molecular weight is 662 g/mol. The molecule has 6 rings (SSSR count). The molecule has 252 valence electrons. The van der Waals surface area contributed by atoms with Gasteiger partial charge in [0.2, 0.25) is 5.95 Å². The fourth-order valence-electron chi connectivity index (χ4n) is 6.16. The summed E-state index contributed by atoms with van der Waals surface area (Å²) in [7, 11) is 5.81. The van der Waals surface area contributed by atoms with E-state index in [1.54, 1.807) is 7.11 Å². The minimum absolute atomic E-state index is 0.103. The van der Waals surface area contributed by atoms with E-state index in [-0.39, 0.29) is 12.2 Å². The molecule has 2 fully saturated rings. The van der Waals surface area contributed by atoms with Crippen molar-refractivity contribution in [1.29, 1.82) is 0 Å². The minimum atomic E-state index is 0.103. The number of morpholine rings is 2. The topological polar surface area (TPSA) is 101 Å². The highest BCUT2D eigenvalue weighted by molar-refractivity contribution is 7.98. The number of methoxy groups -OCH3 is 1. The summed E-state index contributed by atoms with van der Waals surface area (Å²) in [5, 5.41) is 4.54. The number of ether oxygens (including phenoxy) is 3. The van der Waals surface area contributed by atoms with Gasteiger partial charge in [0.25, 0.3) is 0 Å². The fourth-order valence-corrected chi connectivity index (χ4v) is 6.94. The third-order valence-corrected chi connectivity index (χ3v) is 9.27. The Labute approximate surface area is 282 Å². The lowest BCUT2D eigenvalue weighted by Gasteiger charge is -2.36. The minimum Gasteiger partial charge on any atom is -0.496 e. The molecule has 3 aromatic heterocycles. The highest BCUT2D eigenvalue weighted by Gasteiger charge is 2.27. The van der Waals surface area contributed by atoms with Gasteiger partial charge in [-0.05, 0) is 70.4 Å². The van der Waals surface area contributed by atoms with Gasteiger partial charge in [0.05, 0.1) is 55.9 Å². The predicted molar refractivity (Wildman–Crippen MR) is 189 cm³/mol. The molecule has 2 saturated heterocycles. The molecule has 1 aromatic carbocycles. The normalized spacial score (nSPS) is 18.8. The number of anilines is 2. The molecule has 2 atom stereocenters. The molecule has 1 N–H and O–H groups in total. The highest BCUT2D eigenvalue weighted by Crippen LogP contribution is 2.31. The molecule has 0 unspecified atom stereocenters. The Hall–Kier alpha value is -3.42. The van der Waals surface area contributed by atoms with Crippen molar-refractivity contribution in [2.75, 3.05) is 82.7 Å². The van der Waals surface area contributed by atoms with Crippen LogP contribution in [0.25, 0.3) is 22.3 Å². The second kappa shape index (κ2) is 15.7. The van der Waals surface area contributed by atoms with Crippen molar-refractivity contribution in [2.24, 2.45) is 0 Å². The molecular formula is C35H47N7O4S. The van der Waals surface area contributed by atoms with Crippen LogP contribution in [0.2, 0.25) is 0 Å². The van der Waals surface area contributed by atoms with Gasteiger partial charge < -0.3 is 38.6 Å². The lowest BCUT2D eigenvalue weighted by molar-refractivity contribution is -0.00570. The maximum Gasteiger partial charge on any atom is 0.229 e. The number of furan rings is 1. The molecule has 5 heterocycles. The predicted octanol–water partition coefficient (Wildman–Crippen LogP) is 4.83. The fraction of sp³-hybridized carbons (Fsp3) is 0.514. The van der Waals surface area contributed by atoms with E-state index in [2.05, 4.69) is 70.3 Å². The molecule has 2 aliphatic rings. The van der Waals surface area contributed by atoms with Gasteiger partial charge in [0.15, 0.2) is 5.65 Å². The molecule has 0 aliphatic carbocycles. The maximum absolute atomic E-state index is 5.99. The van der Waals surface area contributed by atoms with Gasteiger partial charge in [0, 0.05) is 56.1 Å². The first-order valence-electron chi connectivity index (χ1n) is 16.5. The number of rotatable bonds is 13. The molecule has 2 aliphatic heterocycles. The van der Waals surface area contributed by atoms with Gasteiger partial charge in [-0.15, -0.1) is 0 Å². The van der Waals surface area contributed by atoms with Crippen LogP contribution in [0.1, 0.15) is 30.9 Å². The summed E-state index contributed by atoms with van der Waals surface area (Å²) in [5.74, 6) is 6.34. The molecule has 0 saturated carbocycles. The van der Waals surface area contributed by atoms with E-state index in [0.29, 0.717) is 31.4 Å². The Kier molecular flexibility index (Phi) is 11.1. The van der Waals surface area contributed by atoms with E-state index in [1.165, 1.54) is 0 Å².